The summed E-state index contributed by atoms with van der Waals surface area (Å²) in [6.45, 7) is 1.95. The maximum absolute atomic E-state index is 12.8. The summed E-state index contributed by atoms with van der Waals surface area (Å²) in [5.74, 6) is -0.397. The third kappa shape index (κ3) is 5.06. The van der Waals surface area contributed by atoms with Crippen molar-refractivity contribution < 1.29 is 13.2 Å². The molecule has 0 aliphatic heterocycles. The fraction of sp³-hybridized carbons (Fsp3) is 0.238. The highest BCUT2D eigenvalue weighted by Crippen LogP contribution is 2.28. The number of hydrogen-bond donors (Lipinski definition) is 1. The topological polar surface area (TPSA) is 127 Å². The van der Waals surface area contributed by atoms with Gasteiger partial charge in [-0.2, -0.15) is 14.8 Å². The number of nitrogens with one attached hydrogen (secondary N) is 1. The zero-order valence-electron chi connectivity index (χ0n) is 16.7. The Kier molecular flexibility index (Phi) is 6.98. The Bertz CT molecular complexity index is 1270. The normalized spacial score (nSPS) is 11.2. The number of amides is 1. The molecule has 8 nitrogen and oxygen atoms in total. The SMILES string of the molecule is Cc1cccc2sc(NC(=O)c3ccc(S(=O)(=O)N(CCC#N)CCC#N)cc3)nc12. The van der Waals surface area contributed by atoms with Gasteiger partial charge in [-0.15, -0.1) is 0 Å². The monoisotopic (exact) mass is 453 g/mol. The highest BCUT2D eigenvalue weighted by atomic mass is 32.2. The van der Waals surface area contributed by atoms with Crippen LogP contribution in [0.4, 0.5) is 5.13 Å². The number of fused-ring (bicyclic) bond motifs is 1. The van der Waals surface area contributed by atoms with Gasteiger partial charge in [0.15, 0.2) is 5.13 Å². The van der Waals surface area contributed by atoms with Gasteiger partial charge in [0.05, 0.1) is 27.3 Å². The second kappa shape index (κ2) is 9.67. The largest absolute Gasteiger partial charge is 0.298 e. The first-order valence-electron chi connectivity index (χ1n) is 9.38. The molecule has 3 rings (SSSR count). The molecule has 1 amide bonds. The zero-order chi connectivity index (χ0) is 22.4. The minimum Gasteiger partial charge on any atom is -0.298 e. The van der Waals surface area contributed by atoms with Gasteiger partial charge in [-0.25, -0.2) is 13.4 Å². The van der Waals surface area contributed by atoms with E-state index >= 15 is 0 Å². The molecule has 158 valence electrons. The Morgan fingerprint density at radius 1 is 1.10 bits per heavy atom. The van der Waals surface area contributed by atoms with Crippen molar-refractivity contribution in [3.63, 3.8) is 0 Å². The molecule has 0 fully saturated rings. The van der Waals surface area contributed by atoms with E-state index < -0.39 is 15.9 Å². The lowest BCUT2D eigenvalue weighted by atomic mass is 10.2. The summed E-state index contributed by atoms with van der Waals surface area (Å²) in [6.07, 6.45) is 0.0412. The lowest BCUT2D eigenvalue weighted by Gasteiger charge is -2.20. The van der Waals surface area contributed by atoms with Crippen LogP contribution in [-0.4, -0.2) is 36.7 Å². The maximum atomic E-state index is 12.8. The van der Waals surface area contributed by atoms with Gasteiger partial charge >= 0.3 is 0 Å². The van der Waals surface area contributed by atoms with Crippen LogP contribution in [-0.2, 0) is 10.0 Å². The number of nitrogens with zero attached hydrogens (tertiary/aromatic N) is 4. The summed E-state index contributed by atoms with van der Waals surface area (Å²) in [7, 11) is -3.88. The average molecular weight is 454 g/mol. The molecule has 1 heterocycles. The number of benzene rings is 2. The quantitative estimate of drug-likeness (QED) is 0.554. The molecule has 0 bridgehead atoms. The summed E-state index contributed by atoms with van der Waals surface area (Å²) >= 11 is 1.36. The molecule has 1 N–H and O–H groups in total. The number of rotatable bonds is 8. The summed E-state index contributed by atoms with van der Waals surface area (Å²) in [5.41, 5.74) is 2.13. The number of aryl methyl sites for hydroxylation is 1. The fourth-order valence-electron chi connectivity index (χ4n) is 2.94. The number of hydrogen-bond acceptors (Lipinski definition) is 7. The van der Waals surface area contributed by atoms with Crippen LogP contribution in [0.2, 0.25) is 0 Å². The first-order valence-corrected chi connectivity index (χ1v) is 11.6. The average Bonchev–Trinajstić information content (AvgIpc) is 3.17. The molecule has 0 saturated carbocycles. The predicted octanol–water partition coefficient (Wildman–Crippen LogP) is 3.68. The van der Waals surface area contributed by atoms with E-state index in [1.165, 1.54) is 35.6 Å². The second-order valence-corrected chi connectivity index (χ2v) is 9.61. The van der Waals surface area contributed by atoms with E-state index in [0.717, 1.165) is 20.1 Å². The smallest absolute Gasteiger partial charge is 0.257 e. The van der Waals surface area contributed by atoms with Gasteiger partial charge in [0, 0.05) is 31.5 Å². The molecule has 0 aliphatic carbocycles. The second-order valence-electron chi connectivity index (χ2n) is 6.64. The molecular formula is C21H19N5O3S2. The van der Waals surface area contributed by atoms with Crippen LogP contribution in [0.1, 0.15) is 28.8 Å². The number of sulfonamides is 1. The van der Waals surface area contributed by atoms with Gasteiger partial charge in [-0.3, -0.25) is 10.1 Å². The molecule has 0 atom stereocenters. The zero-order valence-corrected chi connectivity index (χ0v) is 18.3. The van der Waals surface area contributed by atoms with Crippen LogP contribution in [0.25, 0.3) is 10.2 Å². The Hall–Kier alpha value is -3.31. The van der Waals surface area contributed by atoms with E-state index in [-0.39, 0.29) is 36.4 Å². The Morgan fingerprint density at radius 3 is 2.32 bits per heavy atom. The Labute approximate surface area is 184 Å². The van der Waals surface area contributed by atoms with Gasteiger partial charge in [0.2, 0.25) is 10.0 Å². The molecule has 31 heavy (non-hydrogen) atoms. The van der Waals surface area contributed by atoms with Crippen molar-refractivity contribution in [3.8, 4) is 12.1 Å². The summed E-state index contributed by atoms with van der Waals surface area (Å²) in [6, 6.07) is 15.2. The number of thiazole rings is 1. The van der Waals surface area contributed by atoms with Gasteiger partial charge < -0.3 is 0 Å². The number of carbonyl (C=O) groups is 1. The van der Waals surface area contributed by atoms with Crippen molar-refractivity contribution in [3.05, 3.63) is 53.6 Å². The van der Waals surface area contributed by atoms with Crippen molar-refractivity contribution in [2.24, 2.45) is 0 Å². The standard InChI is InChI=1S/C21H19N5O3S2/c1-15-5-2-6-18-19(15)24-21(30-18)25-20(27)16-7-9-17(10-8-16)31(28,29)26(13-3-11-22)14-4-12-23/h2,5-10H,3-4,13-14H2,1H3,(H,24,25,27). The highest BCUT2D eigenvalue weighted by Gasteiger charge is 2.24. The molecular weight excluding hydrogens is 434 g/mol. The van der Waals surface area contributed by atoms with Crippen molar-refractivity contribution >= 4 is 42.6 Å². The number of nitriles is 2. The van der Waals surface area contributed by atoms with Gasteiger partial charge in [-0.1, -0.05) is 23.5 Å². The molecule has 3 aromatic rings. The third-order valence-electron chi connectivity index (χ3n) is 4.54. The lowest BCUT2D eigenvalue weighted by Crippen LogP contribution is -2.32. The maximum Gasteiger partial charge on any atom is 0.257 e. The van der Waals surface area contributed by atoms with Crippen LogP contribution < -0.4 is 5.32 Å². The third-order valence-corrected chi connectivity index (χ3v) is 7.39. The number of anilines is 1. The van der Waals surface area contributed by atoms with Crippen LogP contribution in [0, 0.1) is 29.6 Å². The molecule has 1 aromatic heterocycles. The number of aromatic nitrogens is 1. The van der Waals surface area contributed by atoms with Crippen molar-refractivity contribution in [1.82, 2.24) is 9.29 Å². The molecule has 0 aliphatic rings. The van der Waals surface area contributed by atoms with Crippen molar-refractivity contribution in [2.45, 2.75) is 24.7 Å². The van der Waals surface area contributed by atoms with Crippen molar-refractivity contribution in [2.75, 3.05) is 18.4 Å². The molecule has 10 heteroatoms. The molecule has 0 spiro atoms. The van der Waals surface area contributed by atoms with Crippen LogP contribution in [0.5, 0.6) is 0 Å². The Morgan fingerprint density at radius 2 is 1.74 bits per heavy atom. The molecule has 0 saturated heterocycles. The van der Waals surface area contributed by atoms with E-state index in [1.54, 1.807) is 0 Å². The highest BCUT2D eigenvalue weighted by molar-refractivity contribution is 7.89. The minimum absolute atomic E-state index is 0.000224. The number of para-hydroxylation sites is 1. The Balaban J connectivity index is 1.77. The van der Waals surface area contributed by atoms with E-state index in [1.807, 2.05) is 37.3 Å². The van der Waals surface area contributed by atoms with Gasteiger partial charge in [0.1, 0.15) is 0 Å². The molecule has 0 unspecified atom stereocenters. The van der Waals surface area contributed by atoms with Gasteiger partial charge in [0.25, 0.3) is 5.91 Å². The summed E-state index contributed by atoms with van der Waals surface area (Å²) in [5, 5.41) is 20.8. The molecule has 0 radical (unpaired) electrons. The first kappa shape index (κ1) is 22.4. The van der Waals surface area contributed by atoms with E-state index in [9.17, 15) is 13.2 Å². The van der Waals surface area contributed by atoms with E-state index in [2.05, 4.69) is 10.3 Å². The van der Waals surface area contributed by atoms with Crippen LogP contribution >= 0.6 is 11.3 Å². The summed E-state index contributed by atoms with van der Waals surface area (Å²) in [4.78, 5) is 17.0. The van der Waals surface area contributed by atoms with Gasteiger partial charge in [-0.05, 0) is 42.8 Å². The number of carbonyl (C=O) groups excluding carboxylic acids is 1. The lowest BCUT2D eigenvalue weighted by molar-refractivity contribution is 0.102. The van der Waals surface area contributed by atoms with Crippen LogP contribution in [0.3, 0.4) is 0 Å². The van der Waals surface area contributed by atoms with Crippen molar-refractivity contribution in [1.29, 1.82) is 10.5 Å². The van der Waals surface area contributed by atoms with E-state index in [0.29, 0.717) is 5.13 Å². The minimum atomic E-state index is -3.88. The predicted molar refractivity (Wildman–Crippen MR) is 118 cm³/mol. The summed E-state index contributed by atoms with van der Waals surface area (Å²) < 4.78 is 27.8. The van der Waals surface area contributed by atoms with E-state index in [4.69, 9.17) is 10.5 Å². The first-order chi connectivity index (χ1) is 14.9. The molecule has 2 aromatic carbocycles. The fourth-order valence-corrected chi connectivity index (χ4v) is 5.32. The van der Waals surface area contributed by atoms with Crippen LogP contribution in [0.15, 0.2) is 47.4 Å².